The van der Waals surface area contributed by atoms with E-state index in [2.05, 4.69) is 24.3 Å². The highest BCUT2D eigenvalue weighted by Crippen LogP contribution is 2.55. The number of rotatable bonds is 0. The average Bonchev–Trinajstić information content (AvgIpc) is 3.16. The molecule has 2 aromatic carbocycles. The van der Waals surface area contributed by atoms with Crippen LogP contribution in [0.4, 0.5) is 0 Å². The molecule has 2 aromatic rings. The van der Waals surface area contributed by atoms with Crippen LogP contribution in [0, 0.1) is 5.92 Å². The number of benzene rings is 2. The van der Waals surface area contributed by atoms with E-state index in [1.54, 1.807) is 0 Å². The van der Waals surface area contributed by atoms with Crippen LogP contribution >= 0.6 is 0 Å². The summed E-state index contributed by atoms with van der Waals surface area (Å²) >= 11 is 0. The van der Waals surface area contributed by atoms with Crippen molar-refractivity contribution in [2.24, 2.45) is 5.92 Å². The molecule has 2 aliphatic carbocycles. The van der Waals surface area contributed by atoms with Gasteiger partial charge in [0.05, 0.1) is 13.2 Å². The summed E-state index contributed by atoms with van der Waals surface area (Å²) in [6.07, 6.45) is 2.50. The Morgan fingerprint density at radius 3 is 2.73 bits per heavy atom. The van der Waals surface area contributed by atoms with Crippen LogP contribution in [0.2, 0.25) is 0 Å². The lowest BCUT2D eigenvalue weighted by atomic mass is 9.73. The van der Waals surface area contributed by atoms with Gasteiger partial charge in [0, 0.05) is 24.3 Å². The number of carbonyl (C=O) groups is 1. The fourth-order valence-corrected chi connectivity index (χ4v) is 4.76. The van der Waals surface area contributed by atoms with Crippen LogP contribution in [0.25, 0.3) is 10.8 Å². The third-order valence-corrected chi connectivity index (χ3v) is 5.68. The maximum atomic E-state index is 12.9. The summed E-state index contributed by atoms with van der Waals surface area (Å²) in [5.41, 5.74) is 2.14. The second-order valence-electron chi connectivity index (χ2n) is 6.64. The van der Waals surface area contributed by atoms with Crippen LogP contribution in [0.5, 0.6) is 0 Å². The highest BCUT2D eigenvalue weighted by Gasteiger charge is 2.56. The molecule has 0 amide bonds. The van der Waals surface area contributed by atoms with Crippen molar-refractivity contribution >= 4 is 16.6 Å². The molecule has 0 N–H and O–H groups in total. The molecule has 3 nitrogen and oxygen atoms in total. The van der Waals surface area contributed by atoms with E-state index in [0.29, 0.717) is 25.6 Å². The van der Waals surface area contributed by atoms with E-state index in [1.807, 2.05) is 12.1 Å². The van der Waals surface area contributed by atoms with E-state index < -0.39 is 5.79 Å². The van der Waals surface area contributed by atoms with E-state index in [0.717, 1.165) is 29.2 Å². The van der Waals surface area contributed by atoms with Gasteiger partial charge in [0.2, 0.25) is 0 Å². The summed E-state index contributed by atoms with van der Waals surface area (Å²) in [6, 6.07) is 12.5. The summed E-state index contributed by atoms with van der Waals surface area (Å²) in [5.74, 6) is 0.309. The quantitative estimate of drug-likeness (QED) is 0.744. The standard InChI is InChI=1S/C19H18O3/c20-17-11-16-14(7-8-19(16)21-9-10-22-19)15-6-5-12-3-1-2-4-13(12)18(15)17/h1-6,14,16H,7-11H2/t14-,16+/m0/s1. The van der Waals surface area contributed by atoms with Crippen molar-refractivity contribution in [3.05, 3.63) is 47.5 Å². The molecule has 0 unspecified atom stereocenters. The maximum Gasteiger partial charge on any atom is 0.172 e. The predicted octanol–water partition coefficient (Wildman–Crippen LogP) is 3.66. The van der Waals surface area contributed by atoms with Crippen LogP contribution in [0.3, 0.4) is 0 Å². The molecule has 3 heteroatoms. The summed E-state index contributed by atoms with van der Waals surface area (Å²) in [4.78, 5) is 12.9. The van der Waals surface area contributed by atoms with Crippen LogP contribution in [0.15, 0.2) is 36.4 Å². The van der Waals surface area contributed by atoms with E-state index in [-0.39, 0.29) is 11.7 Å². The third kappa shape index (κ3) is 1.56. The van der Waals surface area contributed by atoms with Gasteiger partial charge in [-0.15, -0.1) is 0 Å². The first-order chi connectivity index (χ1) is 10.8. The van der Waals surface area contributed by atoms with Gasteiger partial charge in [0.25, 0.3) is 0 Å². The van der Waals surface area contributed by atoms with Crippen molar-refractivity contribution in [2.45, 2.75) is 31.0 Å². The zero-order valence-electron chi connectivity index (χ0n) is 12.4. The van der Waals surface area contributed by atoms with Gasteiger partial charge < -0.3 is 9.47 Å². The van der Waals surface area contributed by atoms with E-state index >= 15 is 0 Å². The lowest BCUT2D eigenvalue weighted by molar-refractivity contribution is -0.182. The smallest absolute Gasteiger partial charge is 0.172 e. The zero-order chi connectivity index (χ0) is 14.7. The average molecular weight is 294 g/mol. The molecule has 5 rings (SSSR count). The predicted molar refractivity (Wildman–Crippen MR) is 83.0 cm³/mol. The Labute approximate surface area is 129 Å². The Hall–Kier alpha value is -1.71. The molecule has 112 valence electrons. The summed E-state index contributed by atoms with van der Waals surface area (Å²) in [6.45, 7) is 1.31. The molecule has 0 bridgehead atoms. The highest BCUT2D eigenvalue weighted by molar-refractivity contribution is 6.10. The van der Waals surface area contributed by atoms with Crippen molar-refractivity contribution in [1.82, 2.24) is 0 Å². The number of hydrogen-bond acceptors (Lipinski definition) is 3. The first kappa shape index (κ1) is 12.8. The molecule has 2 fully saturated rings. The number of ether oxygens (including phenoxy) is 2. The van der Waals surface area contributed by atoms with Gasteiger partial charge in [-0.2, -0.15) is 0 Å². The number of Topliss-reactive ketones (excluding diaryl/α,β-unsaturated/α-hetero) is 1. The molecule has 0 aromatic heterocycles. The van der Waals surface area contributed by atoms with Gasteiger partial charge in [-0.05, 0) is 28.7 Å². The van der Waals surface area contributed by atoms with Crippen molar-refractivity contribution in [1.29, 1.82) is 0 Å². The Kier molecular flexibility index (Phi) is 2.56. The minimum Gasteiger partial charge on any atom is -0.347 e. The molecular weight excluding hydrogens is 276 g/mol. The Balaban J connectivity index is 1.69. The molecule has 0 radical (unpaired) electrons. The maximum absolute atomic E-state index is 12.9. The van der Waals surface area contributed by atoms with Gasteiger partial charge in [-0.1, -0.05) is 36.4 Å². The SMILES string of the molecule is O=C1C[C@@H]2[C@@H](CCC23OCCO3)c2ccc3ccccc3c21. The minimum atomic E-state index is -0.496. The molecule has 1 saturated heterocycles. The number of carbonyl (C=O) groups excluding carboxylic acids is 1. The molecule has 1 saturated carbocycles. The largest absolute Gasteiger partial charge is 0.347 e. The Morgan fingerprint density at radius 1 is 1.05 bits per heavy atom. The summed E-state index contributed by atoms with van der Waals surface area (Å²) in [7, 11) is 0. The fraction of sp³-hybridized carbons (Fsp3) is 0.421. The lowest BCUT2D eigenvalue weighted by Crippen LogP contribution is -2.39. The van der Waals surface area contributed by atoms with Crippen LogP contribution in [0.1, 0.15) is 41.1 Å². The lowest BCUT2D eigenvalue weighted by Gasteiger charge is -2.35. The summed E-state index contributed by atoms with van der Waals surface area (Å²) in [5, 5.41) is 2.24. The van der Waals surface area contributed by atoms with E-state index in [1.165, 1.54) is 5.56 Å². The van der Waals surface area contributed by atoms with Crippen molar-refractivity contribution in [3.8, 4) is 0 Å². The molecule has 1 spiro atoms. The first-order valence-electron chi connectivity index (χ1n) is 8.11. The topological polar surface area (TPSA) is 35.5 Å². The van der Waals surface area contributed by atoms with Gasteiger partial charge >= 0.3 is 0 Å². The molecule has 1 heterocycles. The number of fused-ring (bicyclic) bond motifs is 6. The normalized spacial score (nSPS) is 29.0. The molecule has 2 atom stereocenters. The van der Waals surface area contributed by atoms with Gasteiger partial charge in [0.15, 0.2) is 11.6 Å². The van der Waals surface area contributed by atoms with Crippen molar-refractivity contribution in [3.63, 3.8) is 0 Å². The van der Waals surface area contributed by atoms with Crippen LogP contribution < -0.4 is 0 Å². The van der Waals surface area contributed by atoms with Gasteiger partial charge in [-0.3, -0.25) is 4.79 Å². The molecule has 1 aliphatic heterocycles. The van der Waals surface area contributed by atoms with E-state index in [9.17, 15) is 4.79 Å². The molecule has 3 aliphatic rings. The van der Waals surface area contributed by atoms with Crippen LogP contribution in [-0.4, -0.2) is 24.8 Å². The Morgan fingerprint density at radius 2 is 1.86 bits per heavy atom. The van der Waals surface area contributed by atoms with Crippen LogP contribution in [-0.2, 0) is 9.47 Å². The zero-order valence-corrected chi connectivity index (χ0v) is 12.4. The summed E-state index contributed by atoms with van der Waals surface area (Å²) < 4.78 is 11.9. The second kappa shape index (κ2) is 4.40. The molecular formula is C19H18O3. The van der Waals surface area contributed by atoms with Gasteiger partial charge in [-0.25, -0.2) is 0 Å². The second-order valence-corrected chi connectivity index (χ2v) is 6.64. The fourth-order valence-electron chi connectivity index (χ4n) is 4.76. The third-order valence-electron chi connectivity index (χ3n) is 5.68. The highest BCUT2D eigenvalue weighted by atomic mass is 16.7. The minimum absolute atomic E-state index is 0.177. The Bertz CT molecular complexity index is 773. The van der Waals surface area contributed by atoms with Crippen molar-refractivity contribution in [2.75, 3.05) is 13.2 Å². The number of ketones is 1. The van der Waals surface area contributed by atoms with E-state index in [4.69, 9.17) is 9.47 Å². The van der Waals surface area contributed by atoms with Gasteiger partial charge in [0.1, 0.15) is 0 Å². The van der Waals surface area contributed by atoms with Crippen molar-refractivity contribution < 1.29 is 14.3 Å². The molecule has 22 heavy (non-hydrogen) atoms. The number of hydrogen-bond donors (Lipinski definition) is 0. The monoisotopic (exact) mass is 294 g/mol. The first-order valence-corrected chi connectivity index (χ1v) is 8.11.